The first-order valence-corrected chi connectivity index (χ1v) is 7.95. The summed E-state index contributed by atoms with van der Waals surface area (Å²) in [7, 11) is 0. The normalized spacial score (nSPS) is 10.7. The maximum absolute atomic E-state index is 12.4. The van der Waals surface area contributed by atoms with Gasteiger partial charge in [-0.2, -0.15) is 13.9 Å². The number of alkyl halides is 2. The maximum atomic E-state index is 12.4. The summed E-state index contributed by atoms with van der Waals surface area (Å²) in [6.07, 6.45) is 2.59. The molecule has 0 aliphatic carbocycles. The lowest BCUT2D eigenvalue weighted by atomic mass is 10.2. The van der Waals surface area contributed by atoms with Crippen molar-refractivity contribution in [2.45, 2.75) is 33.4 Å². The van der Waals surface area contributed by atoms with Crippen LogP contribution < -0.4 is 15.4 Å². The number of nitrogens with zero attached hydrogens (tertiary/aromatic N) is 2. The van der Waals surface area contributed by atoms with E-state index in [0.29, 0.717) is 17.3 Å². The van der Waals surface area contributed by atoms with Crippen LogP contribution in [0.2, 0.25) is 0 Å². The van der Waals surface area contributed by atoms with E-state index in [0.717, 1.165) is 24.2 Å². The van der Waals surface area contributed by atoms with Crippen LogP contribution in [0.1, 0.15) is 17.7 Å². The summed E-state index contributed by atoms with van der Waals surface area (Å²) in [4.78, 5) is 0. The number of aryl methyl sites for hydroxylation is 3. The van der Waals surface area contributed by atoms with E-state index < -0.39 is 6.61 Å². The zero-order chi connectivity index (χ0) is 17.5. The quantitative estimate of drug-likeness (QED) is 0.589. The Morgan fingerprint density at radius 2 is 2.12 bits per heavy atom. The van der Waals surface area contributed by atoms with Gasteiger partial charge in [-0.05, 0) is 56.2 Å². The molecule has 1 aromatic heterocycles. The lowest BCUT2D eigenvalue weighted by molar-refractivity contribution is -0.0493. The molecular weight excluding hydrogens is 334 g/mol. The van der Waals surface area contributed by atoms with E-state index in [-0.39, 0.29) is 5.75 Å². The van der Waals surface area contributed by atoms with Crippen LogP contribution >= 0.6 is 12.2 Å². The molecule has 0 fully saturated rings. The van der Waals surface area contributed by atoms with E-state index >= 15 is 0 Å². The molecule has 8 heteroatoms. The van der Waals surface area contributed by atoms with Gasteiger partial charge in [-0.15, -0.1) is 0 Å². The van der Waals surface area contributed by atoms with Gasteiger partial charge in [-0.25, -0.2) is 0 Å². The highest BCUT2D eigenvalue weighted by atomic mass is 32.1. The Balaban J connectivity index is 1.83. The Kier molecular flexibility index (Phi) is 6.48. The summed E-state index contributed by atoms with van der Waals surface area (Å²) in [6, 6.07) is 6.85. The third-order valence-electron chi connectivity index (χ3n) is 3.36. The zero-order valence-corrected chi connectivity index (χ0v) is 14.4. The van der Waals surface area contributed by atoms with Crippen LogP contribution in [-0.4, -0.2) is 28.0 Å². The molecule has 0 radical (unpaired) electrons. The minimum atomic E-state index is -2.88. The Hall–Kier alpha value is -2.22. The van der Waals surface area contributed by atoms with Crippen molar-refractivity contribution in [3.8, 4) is 5.75 Å². The summed E-state index contributed by atoms with van der Waals surface area (Å²) in [5, 5.41) is 10.5. The largest absolute Gasteiger partial charge is 0.433 e. The minimum Gasteiger partial charge on any atom is -0.433 e. The van der Waals surface area contributed by atoms with Gasteiger partial charge < -0.3 is 15.4 Å². The van der Waals surface area contributed by atoms with Gasteiger partial charge in [0.1, 0.15) is 5.75 Å². The van der Waals surface area contributed by atoms with Gasteiger partial charge in [0.05, 0.1) is 5.69 Å². The smallest absolute Gasteiger partial charge is 0.387 e. The van der Waals surface area contributed by atoms with E-state index in [9.17, 15) is 8.78 Å². The van der Waals surface area contributed by atoms with Crippen molar-refractivity contribution in [3.63, 3.8) is 0 Å². The van der Waals surface area contributed by atoms with Crippen molar-refractivity contribution in [2.24, 2.45) is 0 Å². The summed E-state index contributed by atoms with van der Waals surface area (Å²) >= 11 is 5.20. The van der Waals surface area contributed by atoms with E-state index in [1.54, 1.807) is 18.3 Å². The second-order valence-corrected chi connectivity index (χ2v) is 5.72. The number of anilines is 1. The Morgan fingerprint density at radius 1 is 1.33 bits per heavy atom. The first-order chi connectivity index (χ1) is 11.5. The molecule has 0 saturated carbocycles. The molecule has 5 nitrogen and oxygen atoms in total. The lowest BCUT2D eigenvalue weighted by Gasteiger charge is -2.15. The summed E-state index contributed by atoms with van der Waals surface area (Å²) in [5.74, 6) is 0.0620. The van der Waals surface area contributed by atoms with Crippen molar-refractivity contribution in [2.75, 3.05) is 11.9 Å². The van der Waals surface area contributed by atoms with Crippen LogP contribution in [0.25, 0.3) is 0 Å². The van der Waals surface area contributed by atoms with Crippen LogP contribution in [0.4, 0.5) is 14.5 Å². The van der Waals surface area contributed by atoms with Crippen LogP contribution in [0.15, 0.2) is 30.5 Å². The van der Waals surface area contributed by atoms with Gasteiger partial charge in [-0.3, -0.25) is 4.68 Å². The molecule has 0 bridgehead atoms. The molecule has 0 aliphatic heterocycles. The number of nitrogens with one attached hydrogen (secondary N) is 2. The third-order valence-corrected chi connectivity index (χ3v) is 3.61. The number of thiocarbonyl (C=S) groups is 1. The molecule has 0 spiro atoms. The molecule has 0 saturated heterocycles. The summed E-state index contributed by atoms with van der Waals surface area (Å²) < 4.78 is 31.3. The van der Waals surface area contributed by atoms with E-state index in [1.807, 2.05) is 24.6 Å². The van der Waals surface area contributed by atoms with Gasteiger partial charge in [0, 0.05) is 25.0 Å². The van der Waals surface area contributed by atoms with Crippen LogP contribution in [-0.2, 0) is 6.54 Å². The molecule has 0 aliphatic rings. The molecule has 1 heterocycles. The van der Waals surface area contributed by atoms with E-state index in [4.69, 9.17) is 12.2 Å². The first-order valence-electron chi connectivity index (χ1n) is 7.54. The molecule has 24 heavy (non-hydrogen) atoms. The fourth-order valence-corrected chi connectivity index (χ4v) is 2.38. The second kappa shape index (κ2) is 8.58. The van der Waals surface area contributed by atoms with Crippen molar-refractivity contribution in [1.29, 1.82) is 0 Å². The molecule has 130 valence electrons. The van der Waals surface area contributed by atoms with E-state index in [1.165, 1.54) is 6.07 Å². The number of rotatable bonds is 7. The Bertz CT molecular complexity index is 690. The van der Waals surface area contributed by atoms with Gasteiger partial charge in [0.15, 0.2) is 5.11 Å². The van der Waals surface area contributed by atoms with Gasteiger partial charge in [0.2, 0.25) is 0 Å². The van der Waals surface area contributed by atoms with Gasteiger partial charge in [-0.1, -0.05) is 6.07 Å². The standard InChI is InChI=1S/C16H20F2N4OS/c1-11-4-5-14(23-15(17)18)13(10-11)21-16(24)19-7-3-9-22-12(2)6-8-20-22/h4-6,8,10,15H,3,7,9H2,1-2H3,(H2,19,21,24). The van der Waals surface area contributed by atoms with Crippen molar-refractivity contribution >= 4 is 23.0 Å². The summed E-state index contributed by atoms with van der Waals surface area (Å²) in [5.41, 5.74) is 2.43. The molecule has 0 atom stereocenters. The molecule has 2 aromatic rings. The summed E-state index contributed by atoms with van der Waals surface area (Å²) in [6.45, 7) is 2.39. The highest BCUT2D eigenvalue weighted by Gasteiger charge is 2.11. The monoisotopic (exact) mass is 354 g/mol. The Morgan fingerprint density at radius 3 is 2.79 bits per heavy atom. The number of hydrogen-bond donors (Lipinski definition) is 2. The number of benzene rings is 1. The molecule has 0 amide bonds. The van der Waals surface area contributed by atoms with Crippen LogP contribution in [0.3, 0.4) is 0 Å². The van der Waals surface area contributed by atoms with Gasteiger partial charge in [0.25, 0.3) is 0 Å². The van der Waals surface area contributed by atoms with Crippen molar-refractivity contribution in [1.82, 2.24) is 15.1 Å². The maximum Gasteiger partial charge on any atom is 0.387 e. The van der Waals surface area contributed by atoms with E-state index in [2.05, 4.69) is 20.5 Å². The van der Waals surface area contributed by atoms with Crippen LogP contribution in [0, 0.1) is 13.8 Å². The Labute approximate surface area is 145 Å². The lowest BCUT2D eigenvalue weighted by Crippen LogP contribution is -2.30. The highest BCUT2D eigenvalue weighted by molar-refractivity contribution is 7.80. The molecular formula is C16H20F2N4OS. The molecule has 1 aromatic carbocycles. The SMILES string of the molecule is Cc1ccc(OC(F)F)c(NC(=S)NCCCn2nccc2C)c1. The predicted octanol–water partition coefficient (Wildman–Crippen LogP) is 3.48. The number of halogens is 2. The minimum absolute atomic E-state index is 0.0620. The number of ether oxygens (including phenoxy) is 1. The van der Waals surface area contributed by atoms with Crippen molar-refractivity contribution in [3.05, 3.63) is 41.7 Å². The van der Waals surface area contributed by atoms with Gasteiger partial charge >= 0.3 is 6.61 Å². The molecule has 2 rings (SSSR count). The molecule has 0 unspecified atom stereocenters. The predicted molar refractivity (Wildman–Crippen MR) is 93.6 cm³/mol. The average molecular weight is 354 g/mol. The molecule has 2 N–H and O–H groups in total. The topological polar surface area (TPSA) is 51.1 Å². The number of aromatic nitrogens is 2. The first kappa shape index (κ1) is 18.1. The number of hydrogen-bond acceptors (Lipinski definition) is 3. The highest BCUT2D eigenvalue weighted by Crippen LogP contribution is 2.27. The zero-order valence-electron chi connectivity index (χ0n) is 13.6. The van der Waals surface area contributed by atoms with Crippen molar-refractivity contribution < 1.29 is 13.5 Å². The second-order valence-electron chi connectivity index (χ2n) is 5.31. The fraction of sp³-hybridized carbons (Fsp3) is 0.375. The fourth-order valence-electron chi connectivity index (χ4n) is 2.17. The third kappa shape index (κ3) is 5.45. The van der Waals surface area contributed by atoms with Crippen LogP contribution in [0.5, 0.6) is 5.75 Å². The average Bonchev–Trinajstić information content (AvgIpc) is 2.91.